The summed E-state index contributed by atoms with van der Waals surface area (Å²) in [5.41, 5.74) is 0. The molecular weight excluding hydrogens is 933 g/mol. The van der Waals surface area contributed by atoms with Crippen LogP contribution < -0.4 is 0 Å². The second kappa shape index (κ2) is 67.4. The van der Waals surface area contributed by atoms with Gasteiger partial charge >= 0.3 is 11.9 Å². The van der Waals surface area contributed by atoms with Gasteiger partial charge in [-0.1, -0.05) is 339 Å². The van der Waals surface area contributed by atoms with Gasteiger partial charge in [-0.15, -0.1) is 0 Å². The van der Waals surface area contributed by atoms with Crippen LogP contribution in [0.4, 0.5) is 0 Å². The maximum absolute atomic E-state index is 12.4. The topological polar surface area (TPSA) is 72.8 Å². The first-order chi connectivity index (χ1) is 37.6. The lowest BCUT2D eigenvalue weighted by molar-refractivity contribution is -0.161. The van der Waals surface area contributed by atoms with E-state index in [1.165, 1.54) is 315 Å². The Morgan fingerprint density at radius 2 is 0.526 bits per heavy atom. The maximum atomic E-state index is 12.4. The summed E-state index contributed by atoms with van der Waals surface area (Å²) in [5, 5.41) is 9.70. The van der Waals surface area contributed by atoms with Crippen LogP contribution in [0.25, 0.3) is 0 Å². The number of carbonyl (C=O) groups is 2. The first-order valence-corrected chi connectivity index (χ1v) is 34.5. The van der Waals surface area contributed by atoms with Crippen LogP contribution in [-0.2, 0) is 19.1 Å². The quantitative estimate of drug-likeness (QED) is 0.0373. The molecule has 0 rings (SSSR count). The van der Waals surface area contributed by atoms with Crippen LogP contribution in [0, 0.1) is 0 Å². The number of ether oxygens (including phenoxy) is 2. The van der Waals surface area contributed by atoms with Crippen molar-refractivity contribution in [2.75, 3.05) is 13.2 Å². The molecule has 0 aliphatic heterocycles. The van der Waals surface area contributed by atoms with Gasteiger partial charge in [0.05, 0.1) is 6.61 Å². The van der Waals surface area contributed by atoms with E-state index in [2.05, 4.69) is 50.3 Å². The van der Waals surface area contributed by atoms with Crippen LogP contribution in [0.2, 0.25) is 0 Å². The number of esters is 2. The molecular formula is C71H134O5. The highest BCUT2D eigenvalue weighted by Gasteiger charge is 2.16. The Balaban J connectivity index is 3.39. The van der Waals surface area contributed by atoms with Crippen LogP contribution in [0.1, 0.15) is 386 Å². The molecule has 0 saturated heterocycles. The molecule has 0 aromatic heterocycles. The van der Waals surface area contributed by atoms with E-state index in [0.29, 0.717) is 12.8 Å². The standard InChI is InChI=1S/C71H134O5/c1-3-5-7-9-11-13-15-17-19-21-23-25-27-29-31-32-33-34-35-36-37-38-40-42-44-46-48-50-52-54-56-58-60-62-64-66-71(74)76-69(67-72)68-75-70(73)65-63-61-59-57-55-53-51-49-47-45-43-41-39-30-28-26-24-22-20-18-16-14-12-10-8-6-4-2/h15,17,21-24,69,72H,3-14,16,18-20,25-68H2,1-2H3/b17-15-,23-21-,24-22-. The molecule has 5 nitrogen and oxygen atoms in total. The predicted molar refractivity (Wildman–Crippen MR) is 334 cm³/mol. The van der Waals surface area contributed by atoms with Crippen LogP contribution in [0.15, 0.2) is 36.5 Å². The van der Waals surface area contributed by atoms with E-state index >= 15 is 0 Å². The van der Waals surface area contributed by atoms with E-state index in [-0.39, 0.29) is 25.2 Å². The van der Waals surface area contributed by atoms with E-state index in [1.807, 2.05) is 0 Å². The average Bonchev–Trinajstić information content (AvgIpc) is 3.42. The molecule has 0 saturated carbocycles. The SMILES string of the molecule is CCCCCCC/C=C\C/C=C\CCCCCCCCCCCCCCCCCCCCCCCCCC(=O)OC(CO)COC(=O)CCCCCCCCCCCCCCCCC/C=C\CCCCCCCCCC. The van der Waals surface area contributed by atoms with E-state index in [0.717, 1.165) is 44.9 Å². The Hall–Kier alpha value is -1.88. The van der Waals surface area contributed by atoms with Crippen molar-refractivity contribution in [2.45, 2.75) is 392 Å². The Bertz CT molecular complexity index is 1210. The highest BCUT2D eigenvalue weighted by Crippen LogP contribution is 2.19. The largest absolute Gasteiger partial charge is 0.462 e. The number of rotatable bonds is 65. The average molecular weight is 1070 g/mol. The Morgan fingerprint density at radius 1 is 0.303 bits per heavy atom. The normalized spacial score (nSPS) is 12.3. The van der Waals surface area contributed by atoms with Gasteiger partial charge in [-0.3, -0.25) is 9.59 Å². The summed E-state index contributed by atoms with van der Waals surface area (Å²) in [6.07, 6.45) is 88.9. The molecule has 1 N–H and O–H groups in total. The van der Waals surface area contributed by atoms with E-state index in [1.54, 1.807) is 0 Å². The summed E-state index contributed by atoms with van der Waals surface area (Å²) < 4.78 is 10.8. The molecule has 0 fully saturated rings. The lowest BCUT2D eigenvalue weighted by Crippen LogP contribution is -2.28. The number of aliphatic hydroxyl groups excluding tert-OH is 1. The van der Waals surface area contributed by atoms with Gasteiger partial charge in [0, 0.05) is 12.8 Å². The van der Waals surface area contributed by atoms with Crippen LogP contribution in [-0.4, -0.2) is 36.4 Å². The summed E-state index contributed by atoms with van der Waals surface area (Å²) in [5.74, 6) is -0.566. The monoisotopic (exact) mass is 1070 g/mol. The zero-order chi connectivity index (χ0) is 54.8. The molecule has 0 aromatic rings. The summed E-state index contributed by atoms with van der Waals surface area (Å²) in [4.78, 5) is 24.6. The van der Waals surface area contributed by atoms with Crippen molar-refractivity contribution >= 4 is 11.9 Å². The van der Waals surface area contributed by atoms with Gasteiger partial charge in [-0.2, -0.15) is 0 Å². The van der Waals surface area contributed by atoms with Gasteiger partial charge in [-0.25, -0.2) is 0 Å². The summed E-state index contributed by atoms with van der Waals surface area (Å²) >= 11 is 0. The van der Waals surface area contributed by atoms with Crippen molar-refractivity contribution in [3.8, 4) is 0 Å². The summed E-state index contributed by atoms with van der Waals surface area (Å²) in [6, 6.07) is 0. The predicted octanol–water partition coefficient (Wildman–Crippen LogP) is 23.8. The second-order valence-electron chi connectivity index (χ2n) is 23.6. The number of carbonyl (C=O) groups excluding carboxylic acids is 2. The first-order valence-electron chi connectivity index (χ1n) is 34.5. The van der Waals surface area contributed by atoms with Gasteiger partial charge in [0.25, 0.3) is 0 Å². The molecule has 76 heavy (non-hydrogen) atoms. The van der Waals surface area contributed by atoms with E-state index < -0.39 is 6.10 Å². The van der Waals surface area contributed by atoms with Gasteiger partial charge < -0.3 is 14.6 Å². The first kappa shape index (κ1) is 74.1. The number of hydrogen-bond acceptors (Lipinski definition) is 5. The molecule has 448 valence electrons. The summed E-state index contributed by atoms with van der Waals surface area (Å²) in [6.45, 7) is 4.19. The molecule has 5 heteroatoms. The van der Waals surface area contributed by atoms with Crippen LogP contribution >= 0.6 is 0 Å². The fraction of sp³-hybridized carbons (Fsp3) is 0.887. The molecule has 0 radical (unpaired) electrons. The minimum atomic E-state index is -0.770. The summed E-state index contributed by atoms with van der Waals surface area (Å²) in [7, 11) is 0. The number of allylic oxidation sites excluding steroid dienone is 6. The molecule has 0 amide bonds. The minimum Gasteiger partial charge on any atom is -0.462 e. The van der Waals surface area contributed by atoms with Gasteiger partial charge in [-0.05, 0) is 70.6 Å². The highest BCUT2D eigenvalue weighted by atomic mass is 16.6. The Morgan fingerprint density at radius 3 is 0.789 bits per heavy atom. The number of hydrogen-bond donors (Lipinski definition) is 1. The molecule has 0 aliphatic rings. The van der Waals surface area contributed by atoms with Gasteiger partial charge in [0.15, 0.2) is 6.10 Å². The lowest BCUT2D eigenvalue weighted by atomic mass is 10.0. The Kier molecular flexibility index (Phi) is 65.7. The fourth-order valence-electron chi connectivity index (χ4n) is 10.7. The van der Waals surface area contributed by atoms with Gasteiger partial charge in [0.1, 0.15) is 6.61 Å². The zero-order valence-corrected chi connectivity index (χ0v) is 51.5. The molecule has 0 bridgehead atoms. The molecule has 0 aliphatic carbocycles. The zero-order valence-electron chi connectivity index (χ0n) is 51.5. The van der Waals surface area contributed by atoms with Crippen molar-refractivity contribution in [1.82, 2.24) is 0 Å². The van der Waals surface area contributed by atoms with E-state index in [9.17, 15) is 14.7 Å². The molecule has 0 aromatic carbocycles. The molecule has 0 heterocycles. The van der Waals surface area contributed by atoms with Crippen molar-refractivity contribution in [3.63, 3.8) is 0 Å². The highest BCUT2D eigenvalue weighted by molar-refractivity contribution is 5.70. The van der Waals surface area contributed by atoms with Crippen LogP contribution in [0.3, 0.4) is 0 Å². The van der Waals surface area contributed by atoms with Crippen molar-refractivity contribution in [2.24, 2.45) is 0 Å². The number of aliphatic hydroxyl groups is 1. The van der Waals surface area contributed by atoms with E-state index in [4.69, 9.17) is 9.47 Å². The minimum absolute atomic E-state index is 0.0594. The maximum Gasteiger partial charge on any atom is 0.306 e. The molecule has 1 atom stereocenters. The van der Waals surface area contributed by atoms with Crippen molar-refractivity contribution < 1.29 is 24.2 Å². The van der Waals surface area contributed by atoms with Crippen LogP contribution in [0.5, 0.6) is 0 Å². The second-order valence-corrected chi connectivity index (χ2v) is 23.6. The van der Waals surface area contributed by atoms with Crippen molar-refractivity contribution in [1.29, 1.82) is 0 Å². The molecule has 1 unspecified atom stereocenters. The molecule has 0 spiro atoms. The third-order valence-electron chi connectivity index (χ3n) is 15.9. The third-order valence-corrected chi connectivity index (χ3v) is 15.9. The smallest absolute Gasteiger partial charge is 0.306 e. The third kappa shape index (κ3) is 64.6. The number of unbranched alkanes of at least 4 members (excludes halogenated alkanes) is 51. The van der Waals surface area contributed by atoms with Crippen molar-refractivity contribution in [3.05, 3.63) is 36.5 Å². The Labute approximate surface area is 476 Å². The lowest BCUT2D eigenvalue weighted by Gasteiger charge is -2.15. The fourth-order valence-corrected chi connectivity index (χ4v) is 10.7. The van der Waals surface area contributed by atoms with Gasteiger partial charge in [0.2, 0.25) is 0 Å².